The Labute approximate surface area is 179 Å². The van der Waals surface area contributed by atoms with Crippen LogP contribution in [0.1, 0.15) is 16.7 Å². The van der Waals surface area contributed by atoms with E-state index in [1.165, 1.54) is 24.3 Å². The molecule has 0 fully saturated rings. The summed E-state index contributed by atoms with van der Waals surface area (Å²) in [6.07, 6.45) is 3.52. The first-order valence-electron chi connectivity index (χ1n) is 9.19. The summed E-state index contributed by atoms with van der Waals surface area (Å²) in [4.78, 5) is 0.314. The first kappa shape index (κ1) is 21.4. The fourth-order valence-corrected chi connectivity index (χ4v) is 3.31. The number of hydrogen-bond acceptors (Lipinski definition) is 3. The second-order valence-electron chi connectivity index (χ2n) is 6.60. The van der Waals surface area contributed by atoms with Gasteiger partial charge in [0.15, 0.2) is 23.1 Å². The number of thiocarbonyl (C=S) groups is 1. The zero-order chi connectivity index (χ0) is 21.7. The fraction of sp³-hybridized carbons (Fsp3) is 0.130. The van der Waals surface area contributed by atoms with Gasteiger partial charge in [0.05, 0.1) is 0 Å². The summed E-state index contributed by atoms with van der Waals surface area (Å²) in [5, 5.41) is 14.3. The summed E-state index contributed by atoms with van der Waals surface area (Å²) in [7, 11) is 0. The van der Waals surface area contributed by atoms with Crippen LogP contribution in [-0.4, -0.2) is 16.7 Å². The largest absolute Gasteiger partial charge is 0.502 e. The molecule has 1 heterocycles. The first-order chi connectivity index (χ1) is 14.4. The fourth-order valence-electron chi connectivity index (χ4n) is 3.01. The number of rotatable bonds is 6. The number of hydrogen-bond donors (Lipinski definition) is 2. The number of aliphatic hydroxyl groups excluding tert-OH is 1. The number of halogens is 2. The maximum Gasteiger partial charge on any atom is 0.387 e. The van der Waals surface area contributed by atoms with Crippen molar-refractivity contribution >= 4 is 34.3 Å². The number of pyridine rings is 1. The Morgan fingerprint density at radius 3 is 2.13 bits per heavy atom. The second kappa shape index (κ2) is 9.45. The Balaban J connectivity index is 2.03. The average Bonchev–Trinajstić information content (AvgIpc) is 2.72. The summed E-state index contributed by atoms with van der Waals surface area (Å²) in [5.41, 5.74) is 3.67. The Kier molecular flexibility index (Phi) is 6.74. The van der Waals surface area contributed by atoms with Crippen LogP contribution in [0, 0.1) is 13.8 Å². The zero-order valence-electron chi connectivity index (χ0n) is 16.5. The van der Waals surface area contributed by atoms with Gasteiger partial charge in [0.25, 0.3) is 5.70 Å². The van der Waals surface area contributed by atoms with E-state index in [2.05, 4.69) is 10.1 Å². The highest BCUT2D eigenvalue weighted by Gasteiger charge is 2.24. The van der Waals surface area contributed by atoms with Crippen molar-refractivity contribution in [1.82, 2.24) is 0 Å². The monoisotopic (exact) mass is 427 g/mol. The molecule has 0 aliphatic carbocycles. The standard InChI is InChI=1S/C23H20F2N2O2S/c1-15-7-6-8-16(2)19(15)26-22(30)20(27-13-4-3-5-14-27)21(28)17-9-11-18(12-10-17)29-23(24)25/h3-14,23H,1-2H3,(H-,26,28,30)/p+1. The van der Waals surface area contributed by atoms with Gasteiger partial charge >= 0.3 is 6.61 Å². The van der Waals surface area contributed by atoms with Crippen LogP contribution in [0.4, 0.5) is 14.5 Å². The third-order valence-electron chi connectivity index (χ3n) is 4.49. The Bertz CT molecular complexity index is 1050. The molecule has 0 atom stereocenters. The smallest absolute Gasteiger partial charge is 0.387 e. The van der Waals surface area contributed by atoms with E-state index in [4.69, 9.17) is 12.2 Å². The lowest BCUT2D eigenvalue weighted by molar-refractivity contribution is -0.575. The molecule has 3 aromatic rings. The summed E-state index contributed by atoms with van der Waals surface area (Å²) in [5.74, 6) is -0.0924. The summed E-state index contributed by atoms with van der Waals surface area (Å²) in [6, 6.07) is 17.1. The van der Waals surface area contributed by atoms with Gasteiger partial charge in [-0.05, 0) is 49.2 Å². The Morgan fingerprint density at radius 1 is 0.967 bits per heavy atom. The topological polar surface area (TPSA) is 45.4 Å². The van der Waals surface area contributed by atoms with Gasteiger partial charge in [0.1, 0.15) is 5.75 Å². The van der Waals surface area contributed by atoms with E-state index >= 15 is 0 Å². The number of aliphatic hydroxyl groups is 1. The van der Waals surface area contributed by atoms with E-state index in [0.717, 1.165) is 16.8 Å². The zero-order valence-corrected chi connectivity index (χ0v) is 17.3. The van der Waals surface area contributed by atoms with Crippen LogP contribution in [0.5, 0.6) is 5.75 Å². The molecular formula is C23H21F2N2O2S+. The highest BCUT2D eigenvalue weighted by atomic mass is 32.1. The van der Waals surface area contributed by atoms with Crippen molar-refractivity contribution in [3.63, 3.8) is 0 Å². The molecule has 0 bridgehead atoms. The maximum absolute atomic E-state index is 12.4. The minimum Gasteiger partial charge on any atom is -0.502 e. The van der Waals surface area contributed by atoms with E-state index in [-0.39, 0.29) is 11.5 Å². The van der Waals surface area contributed by atoms with Crippen LogP contribution >= 0.6 is 12.2 Å². The van der Waals surface area contributed by atoms with Crippen LogP contribution in [0.15, 0.2) is 73.1 Å². The van der Waals surface area contributed by atoms with Gasteiger partial charge in [0, 0.05) is 23.4 Å². The van der Waals surface area contributed by atoms with Crippen molar-refractivity contribution in [3.05, 3.63) is 89.7 Å². The molecular weight excluding hydrogens is 406 g/mol. The number of alkyl halides is 2. The summed E-state index contributed by atoms with van der Waals surface area (Å²) >= 11 is 5.64. The number of para-hydroxylation sites is 1. The molecule has 0 radical (unpaired) electrons. The number of aromatic nitrogens is 1. The highest BCUT2D eigenvalue weighted by molar-refractivity contribution is 7.81. The first-order valence-corrected chi connectivity index (χ1v) is 9.60. The average molecular weight is 427 g/mol. The normalized spacial score (nSPS) is 11.8. The predicted octanol–water partition coefficient (Wildman–Crippen LogP) is 5.52. The number of ether oxygens (including phenoxy) is 1. The number of benzene rings is 2. The van der Waals surface area contributed by atoms with Gasteiger partial charge in [-0.2, -0.15) is 13.3 Å². The number of nitrogens with zero attached hydrogens (tertiary/aromatic N) is 1. The molecule has 0 saturated heterocycles. The van der Waals surface area contributed by atoms with Crippen molar-refractivity contribution in [2.24, 2.45) is 0 Å². The van der Waals surface area contributed by atoms with Gasteiger partial charge in [0.2, 0.25) is 0 Å². The molecule has 154 valence electrons. The van der Waals surface area contributed by atoms with Gasteiger partial charge in [-0.15, -0.1) is 0 Å². The summed E-state index contributed by atoms with van der Waals surface area (Å²) < 4.78 is 30.9. The van der Waals surface area contributed by atoms with E-state index < -0.39 is 6.61 Å². The molecule has 7 heteroatoms. The van der Waals surface area contributed by atoms with Crippen LogP contribution in [0.3, 0.4) is 0 Å². The van der Waals surface area contributed by atoms with Gasteiger partial charge < -0.3 is 15.2 Å². The number of anilines is 1. The lowest BCUT2D eigenvalue weighted by atomic mass is 10.1. The van der Waals surface area contributed by atoms with E-state index in [1.54, 1.807) is 17.0 Å². The second-order valence-corrected chi connectivity index (χ2v) is 7.01. The lowest BCUT2D eigenvalue weighted by Crippen LogP contribution is -2.38. The van der Waals surface area contributed by atoms with Crippen LogP contribution in [-0.2, 0) is 0 Å². The molecule has 2 N–H and O–H groups in total. The maximum atomic E-state index is 12.4. The van der Waals surface area contributed by atoms with Crippen LogP contribution < -0.4 is 14.6 Å². The molecule has 0 aliphatic rings. The quantitative estimate of drug-likeness (QED) is 0.235. The molecule has 0 amide bonds. The third-order valence-corrected chi connectivity index (χ3v) is 4.78. The number of aryl methyl sites for hydroxylation is 2. The van der Waals surface area contributed by atoms with E-state index in [9.17, 15) is 13.9 Å². The molecule has 4 nitrogen and oxygen atoms in total. The van der Waals surface area contributed by atoms with Crippen molar-refractivity contribution in [2.45, 2.75) is 20.5 Å². The van der Waals surface area contributed by atoms with Gasteiger partial charge in [-0.1, -0.05) is 36.5 Å². The Hall–Kier alpha value is -3.32. The van der Waals surface area contributed by atoms with Gasteiger partial charge in [-0.3, -0.25) is 0 Å². The Morgan fingerprint density at radius 2 is 1.57 bits per heavy atom. The molecule has 0 spiro atoms. The van der Waals surface area contributed by atoms with E-state index in [1.807, 2.05) is 50.2 Å². The minimum atomic E-state index is -2.91. The molecule has 30 heavy (non-hydrogen) atoms. The molecule has 0 saturated carbocycles. The molecule has 0 aliphatic heterocycles. The van der Waals surface area contributed by atoms with Crippen LogP contribution in [0.2, 0.25) is 0 Å². The minimum absolute atomic E-state index is 0.00620. The molecule has 0 unspecified atom stereocenters. The lowest BCUT2D eigenvalue weighted by Gasteiger charge is -2.14. The molecule has 3 rings (SSSR count). The van der Waals surface area contributed by atoms with Crippen LogP contribution in [0.25, 0.3) is 11.5 Å². The molecule has 2 aromatic carbocycles. The van der Waals surface area contributed by atoms with E-state index in [0.29, 0.717) is 16.2 Å². The van der Waals surface area contributed by atoms with Crippen molar-refractivity contribution < 1.29 is 23.2 Å². The third kappa shape index (κ3) is 4.99. The highest BCUT2D eigenvalue weighted by Crippen LogP contribution is 2.24. The van der Waals surface area contributed by atoms with Crippen molar-refractivity contribution in [1.29, 1.82) is 0 Å². The summed E-state index contributed by atoms with van der Waals surface area (Å²) in [6.45, 7) is 1.03. The van der Waals surface area contributed by atoms with Crippen molar-refractivity contribution in [2.75, 3.05) is 5.32 Å². The van der Waals surface area contributed by atoms with Crippen molar-refractivity contribution in [3.8, 4) is 5.75 Å². The van der Waals surface area contributed by atoms with Gasteiger partial charge in [-0.25, -0.2) is 0 Å². The predicted molar refractivity (Wildman–Crippen MR) is 118 cm³/mol. The molecule has 1 aromatic heterocycles. The number of nitrogens with one attached hydrogen (secondary N) is 1. The SMILES string of the molecule is Cc1cccc(C)c1NC(=S)C(=C(O)c1ccc(OC(F)F)cc1)[n+]1ccccc1.